The van der Waals surface area contributed by atoms with Gasteiger partial charge in [0, 0.05) is 6.54 Å². The molecule has 0 radical (unpaired) electrons. The van der Waals surface area contributed by atoms with Gasteiger partial charge in [0.1, 0.15) is 6.54 Å². The molecule has 0 bridgehead atoms. The molecule has 6 heteroatoms. The van der Waals surface area contributed by atoms with Crippen molar-refractivity contribution >= 4 is 11.6 Å². The second-order valence-electron chi connectivity index (χ2n) is 4.81. The number of hydrogen-bond donors (Lipinski definition) is 2. The molecule has 100 valence electrons. The molecule has 1 fully saturated rings. The van der Waals surface area contributed by atoms with Crippen molar-refractivity contribution in [3.05, 3.63) is 11.4 Å². The largest absolute Gasteiger partial charge is 0.396 e. The van der Waals surface area contributed by atoms with Crippen molar-refractivity contribution in [2.24, 2.45) is 0 Å². The number of carbonyl (C=O) groups excluding carboxylic acids is 1. The molecule has 1 aromatic rings. The van der Waals surface area contributed by atoms with Crippen molar-refractivity contribution in [2.45, 2.75) is 39.3 Å². The minimum atomic E-state index is -0.0354. The van der Waals surface area contributed by atoms with Crippen LogP contribution in [0.25, 0.3) is 0 Å². The van der Waals surface area contributed by atoms with E-state index in [1.165, 1.54) is 0 Å². The Morgan fingerprint density at radius 1 is 1.56 bits per heavy atom. The zero-order valence-corrected chi connectivity index (χ0v) is 10.9. The molecular formula is C12H20N4O2. The first-order chi connectivity index (χ1) is 8.54. The average molecular weight is 252 g/mol. The van der Waals surface area contributed by atoms with E-state index in [0.29, 0.717) is 5.69 Å². The Kier molecular flexibility index (Phi) is 3.56. The summed E-state index contributed by atoms with van der Waals surface area (Å²) in [5.41, 5.74) is 8.05. The Labute approximate surface area is 106 Å². The van der Waals surface area contributed by atoms with Crippen LogP contribution < -0.4 is 5.73 Å². The number of nitrogens with zero attached hydrogens (tertiary/aromatic N) is 3. The molecule has 0 spiro atoms. The van der Waals surface area contributed by atoms with Crippen molar-refractivity contribution in [3.8, 4) is 0 Å². The molecular weight excluding hydrogens is 232 g/mol. The van der Waals surface area contributed by atoms with Gasteiger partial charge >= 0.3 is 0 Å². The summed E-state index contributed by atoms with van der Waals surface area (Å²) in [5, 5.41) is 13.5. The molecule has 0 aliphatic carbocycles. The lowest BCUT2D eigenvalue weighted by Gasteiger charge is -2.23. The van der Waals surface area contributed by atoms with Crippen LogP contribution in [0.3, 0.4) is 0 Å². The fourth-order valence-electron chi connectivity index (χ4n) is 2.44. The lowest BCUT2D eigenvalue weighted by molar-refractivity contribution is -0.133. The molecule has 1 aromatic heterocycles. The van der Waals surface area contributed by atoms with Crippen LogP contribution in [-0.2, 0) is 11.3 Å². The van der Waals surface area contributed by atoms with Crippen LogP contribution in [0.5, 0.6) is 0 Å². The van der Waals surface area contributed by atoms with Gasteiger partial charge in [0.25, 0.3) is 0 Å². The maximum Gasteiger partial charge on any atom is 0.244 e. The molecule has 1 aliphatic heterocycles. The zero-order chi connectivity index (χ0) is 13.3. The first-order valence-electron chi connectivity index (χ1n) is 6.24. The van der Waals surface area contributed by atoms with Crippen LogP contribution in [-0.4, -0.2) is 44.9 Å². The van der Waals surface area contributed by atoms with Gasteiger partial charge in [-0.25, -0.2) is 0 Å². The van der Waals surface area contributed by atoms with Gasteiger partial charge in [-0.3, -0.25) is 9.48 Å². The van der Waals surface area contributed by atoms with Crippen LogP contribution >= 0.6 is 0 Å². The third kappa shape index (κ3) is 2.20. The molecule has 3 N–H and O–H groups in total. The number of amides is 1. The van der Waals surface area contributed by atoms with Gasteiger partial charge in [-0.2, -0.15) is 5.10 Å². The standard InChI is InChI=1S/C12H20N4O2/c1-8-12(13)9(2)16(14-8)6-11(18)15-5-3-4-10(15)7-17/h10,17H,3-7,13H2,1-2H3. The van der Waals surface area contributed by atoms with Crippen LogP contribution in [0.4, 0.5) is 5.69 Å². The summed E-state index contributed by atoms with van der Waals surface area (Å²) in [6, 6.07) is -0.0354. The Bertz CT molecular complexity index is 455. The van der Waals surface area contributed by atoms with Gasteiger partial charge in [-0.1, -0.05) is 0 Å². The molecule has 1 saturated heterocycles. The molecule has 0 saturated carbocycles. The lowest BCUT2D eigenvalue weighted by atomic mass is 10.2. The van der Waals surface area contributed by atoms with Crippen molar-refractivity contribution < 1.29 is 9.90 Å². The van der Waals surface area contributed by atoms with Gasteiger partial charge in [-0.05, 0) is 26.7 Å². The van der Waals surface area contributed by atoms with E-state index in [2.05, 4.69) is 5.10 Å². The number of aromatic nitrogens is 2. The van der Waals surface area contributed by atoms with E-state index in [1.807, 2.05) is 13.8 Å². The monoisotopic (exact) mass is 252 g/mol. The summed E-state index contributed by atoms with van der Waals surface area (Å²) in [7, 11) is 0. The van der Waals surface area contributed by atoms with E-state index >= 15 is 0 Å². The quantitative estimate of drug-likeness (QED) is 0.797. The number of carbonyl (C=O) groups is 1. The highest BCUT2D eigenvalue weighted by atomic mass is 16.3. The summed E-state index contributed by atoms with van der Waals surface area (Å²) in [4.78, 5) is 13.9. The number of aliphatic hydroxyl groups is 1. The van der Waals surface area contributed by atoms with Crippen molar-refractivity contribution in [3.63, 3.8) is 0 Å². The maximum absolute atomic E-state index is 12.2. The Morgan fingerprint density at radius 2 is 2.28 bits per heavy atom. The Morgan fingerprint density at radius 3 is 2.83 bits per heavy atom. The fourth-order valence-corrected chi connectivity index (χ4v) is 2.44. The summed E-state index contributed by atoms with van der Waals surface area (Å²) < 4.78 is 1.64. The SMILES string of the molecule is Cc1nn(CC(=O)N2CCCC2CO)c(C)c1N. The Hall–Kier alpha value is -1.56. The van der Waals surface area contributed by atoms with E-state index in [4.69, 9.17) is 5.73 Å². The number of aryl methyl sites for hydroxylation is 1. The van der Waals surface area contributed by atoms with Crippen molar-refractivity contribution in [1.29, 1.82) is 0 Å². The smallest absolute Gasteiger partial charge is 0.244 e. The van der Waals surface area contributed by atoms with Gasteiger partial charge < -0.3 is 15.7 Å². The zero-order valence-electron chi connectivity index (χ0n) is 10.9. The highest BCUT2D eigenvalue weighted by molar-refractivity contribution is 5.77. The van der Waals surface area contributed by atoms with E-state index in [-0.39, 0.29) is 25.1 Å². The summed E-state index contributed by atoms with van der Waals surface area (Å²) in [6.45, 7) is 4.63. The highest BCUT2D eigenvalue weighted by Crippen LogP contribution is 2.19. The van der Waals surface area contributed by atoms with E-state index in [9.17, 15) is 9.90 Å². The van der Waals surface area contributed by atoms with E-state index in [0.717, 1.165) is 30.8 Å². The topological polar surface area (TPSA) is 84.4 Å². The molecule has 1 unspecified atom stereocenters. The lowest BCUT2D eigenvalue weighted by Crippen LogP contribution is -2.39. The van der Waals surface area contributed by atoms with Gasteiger partial charge in [0.05, 0.1) is 29.7 Å². The molecule has 0 aromatic carbocycles. The minimum absolute atomic E-state index is 0.00264. The molecule has 2 heterocycles. The number of anilines is 1. The Balaban J connectivity index is 2.09. The highest BCUT2D eigenvalue weighted by Gasteiger charge is 2.28. The molecule has 2 rings (SSSR count). The van der Waals surface area contributed by atoms with Crippen molar-refractivity contribution in [1.82, 2.24) is 14.7 Å². The van der Waals surface area contributed by atoms with Gasteiger partial charge in [0.2, 0.25) is 5.91 Å². The van der Waals surface area contributed by atoms with Gasteiger partial charge in [-0.15, -0.1) is 0 Å². The fraction of sp³-hybridized carbons (Fsp3) is 0.667. The van der Waals surface area contributed by atoms with Crippen LogP contribution in [0.15, 0.2) is 0 Å². The predicted octanol–water partition coefficient (Wildman–Crippen LogP) is 0.0654. The van der Waals surface area contributed by atoms with E-state index < -0.39 is 0 Å². The summed E-state index contributed by atoms with van der Waals surface area (Å²) in [5.74, 6) is -0.00264. The molecule has 1 atom stereocenters. The van der Waals surface area contributed by atoms with Crippen LogP contribution in [0.2, 0.25) is 0 Å². The number of nitrogen functional groups attached to an aromatic ring is 1. The predicted molar refractivity (Wildman–Crippen MR) is 67.9 cm³/mol. The second-order valence-corrected chi connectivity index (χ2v) is 4.81. The first-order valence-corrected chi connectivity index (χ1v) is 6.24. The minimum Gasteiger partial charge on any atom is -0.396 e. The molecule has 18 heavy (non-hydrogen) atoms. The normalized spacial score (nSPS) is 19.5. The van der Waals surface area contributed by atoms with Crippen LogP contribution in [0.1, 0.15) is 24.2 Å². The number of nitrogens with two attached hydrogens (primary N) is 1. The first kappa shape index (κ1) is 12.9. The molecule has 1 aliphatic rings. The number of likely N-dealkylation sites (tertiary alicyclic amines) is 1. The number of hydrogen-bond acceptors (Lipinski definition) is 4. The molecule has 6 nitrogen and oxygen atoms in total. The third-order valence-electron chi connectivity index (χ3n) is 3.63. The summed E-state index contributed by atoms with van der Waals surface area (Å²) in [6.07, 6.45) is 1.83. The van der Waals surface area contributed by atoms with Gasteiger partial charge in [0.15, 0.2) is 0 Å². The average Bonchev–Trinajstić information content (AvgIpc) is 2.91. The molecule has 1 amide bonds. The third-order valence-corrected chi connectivity index (χ3v) is 3.63. The number of aliphatic hydroxyl groups excluding tert-OH is 1. The second kappa shape index (κ2) is 4.97. The van der Waals surface area contributed by atoms with E-state index in [1.54, 1.807) is 9.58 Å². The van der Waals surface area contributed by atoms with Crippen molar-refractivity contribution in [2.75, 3.05) is 18.9 Å². The number of rotatable bonds is 3. The maximum atomic E-state index is 12.2. The summed E-state index contributed by atoms with van der Waals surface area (Å²) >= 11 is 0. The van der Waals surface area contributed by atoms with Crippen LogP contribution in [0, 0.1) is 13.8 Å².